The highest BCUT2D eigenvalue weighted by Gasteiger charge is 2.18. The predicted molar refractivity (Wildman–Crippen MR) is 71.9 cm³/mol. The highest BCUT2D eigenvalue weighted by molar-refractivity contribution is 5.92. The molecule has 0 spiro atoms. The maximum Gasteiger partial charge on any atom is 0.335 e. The van der Waals surface area contributed by atoms with Gasteiger partial charge in [0, 0.05) is 0 Å². The highest BCUT2D eigenvalue weighted by Crippen LogP contribution is 2.19. The molecule has 0 aliphatic rings. The van der Waals surface area contributed by atoms with Gasteiger partial charge in [-0.05, 0) is 25.5 Å². The molecule has 0 radical (unpaired) electrons. The lowest BCUT2D eigenvalue weighted by Gasteiger charge is -2.10. The molecule has 110 valence electrons. The first-order valence-electron chi connectivity index (χ1n) is 5.77. The zero-order valence-electron chi connectivity index (χ0n) is 11.2. The maximum atomic E-state index is 10.9. The molecule has 0 bridgehead atoms. The minimum atomic E-state index is -1.05. The van der Waals surface area contributed by atoms with Gasteiger partial charge >= 0.3 is 5.97 Å². The number of benzene rings is 1. The van der Waals surface area contributed by atoms with Gasteiger partial charge in [-0.1, -0.05) is 18.2 Å². The van der Waals surface area contributed by atoms with Crippen molar-refractivity contribution in [2.45, 2.75) is 25.9 Å². The second-order valence-corrected chi connectivity index (χ2v) is 4.09. The van der Waals surface area contributed by atoms with E-state index in [2.05, 4.69) is 5.73 Å². The van der Waals surface area contributed by atoms with Gasteiger partial charge in [-0.3, -0.25) is 9.59 Å². The van der Waals surface area contributed by atoms with E-state index in [4.69, 9.17) is 15.9 Å². The van der Waals surface area contributed by atoms with Crippen molar-refractivity contribution < 1.29 is 24.6 Å². The van der Waals surface area contributed by atoms with E-state index in [1.54, 1.807) is 25.1 Å². The molecule has 0 aromatic heterocycles. The van der Waals surface area contributed by atoms with Crippen molar-refractivity contribution >= 4 is 17.8 Å². The molecule has 7 heteroatoms. The number of carbonyl (C=O) groups is 3. The molecular weight excluding hydrogens is 264 g/mol. The Kier molecular flexibility index (Phi) is 6.95. The van der Waals surface area contributed by atoms with Gasteiger partial charge in [-0.2, -0.15) is 0 Å². The largest absolute Gasteiger partial charge is 0.478 e. The van der Waals surface area contributed by atoms with Crippen molar-refractivity contribution in [3.63, 3.8) is 0 Å². The number of nitrogens with two attached hydrogens (primary N) is 2. The number of rotatable bonds is 4. The van der Waals surface area contributed by atoms with E-state index < -0.39 is 29.8 Å². The summed E-state index contributed by atoms with van der Waals surface area (Å²) in [6.45, 7) is 2.91. The van der Waals surface area contributed by atoms with Crippen molar-refractivity contribution in [3.05, 3.63) is 35.4 Å². The molecule has 0 heterocycles. The number of aliphatic hydroxyl groups is 1. The van der Waals surface area contributed by atoms with Crippen LogP contribution in [0.4, 0.5) is 0 Å². The molecule has 0 aliphatic carbocycles. The Hall–Kier alpha value is -2.41. The molecule has 2 unspecified atom stereocenters. The Morgan fingerprint density at radius 2 is 1.50 bits per heavy atom. The summed E-state index contributed by atoms with van der Waals surface area (Å²) in [5, 5.41) is 17.0. The molecule has 20 heavy (non-hydrogen) atoms. The predicted octanol–water partition coefficient (Wildman–Crippen LogP) is -0.174. The summed E-state index contributed by atoms with van der Waals surface area (Å²) in [4.78, 5) is 31.4. The number of amides is 2. The molecule has 1 aromatic carbocycles. The van der Waals surface area contributed by atoms with Crippen LogP contribution in [-0.4, -0.2) is 34.1 Å². The molecule has 2 atom stereocenters. The van der Waals surface area contributed by atoms with Crippen LogP contribution in [0.1, 0.15) is 35.7 Å². The number of aliphatic hydroxyl groups excluding tert-OH is 1. The number of carboxylic acids is 1. The Labute approximate surface area is 116 Å². The van der Waals surface area contributed by atoms with Gasteiger partial charge in [0.25, 0.3) is 0 Å². The lowest BCUT2D eigenvalue weighted by molar-refractivity contribution is -0.125. The van der Waals surface area contributed by atoms with Crippen LogP contribution >= 0.6 is 0 Å². The average Bonchev–Trinajstić information content (AvgIpc) is 2.38. The first kappa shape index (κ1) is 17.6. The van der Waals surface area contributed by atoms with Crippen LogP contribution in [0, 0.1) is 0 Å². The average molecular weight is 282 g/mol. The number of hydrogen-bond donors (Lipinski definition) is 4. The summed E-state index contributed by atoms with van der Waals surface area (Å²) in [7, 11) is 0. The summed E-state index contributed by atoms with van der Waals surface area (Å²) in [5.74, 6) is -2.84. The fraction of sp³-hybridized carbons (Fsp3) is 0.308. The van der Waals surface area contributed by atoms with Crippen molar-refractivity contribution in [2.75, 3.05) is 0 Å². The third-order valence-corrected chi connectivity index (χ3v) is 2.50. The molecule has 0 fully saturated rings. The van der Waals surface area contributed by atoms with Gasteiger partial charge in [0.05, 0.1) is 11.5 Å². The monoisotopic (exact) mass is 282 g/mol. The summed E-state index contributed by atoms with van der Waals surface area (Å²) < 4.78 is 0. The minimum absolute atomic E-state index is 0.124. The molecular formula is C13H18N2O5. The fourth-order valence-corrected chi connectivity index (χ4v) is 1.22. The molecule has 0 saturated carbocycles. The van der Waals surface area contributed by atoms with Crippen LogP contribution in [-0.2, 0) is 9.59 Å². The second kappa shape index (κ2) is 7.90. The number of hydrogen-bond acceptors (Lipinski definition) is 4. The third kappa shape index (κ3) is 5.49. The van der Waals surface area contributed by atoms with Gasteiger partial charge in [-0.15, -0.1) is 0 Å². The van der Waals surface area contributed by atoms with E-state index in [1.165, 1.54) is 13.0 Å². The normalized spacial score (nSPS) is 12.6. The molecule has 1 rings (SSSR count). The van der Waals surface area contributed by atoms with E-state index >= 15 is 0 Å². The number of aromatic carboxylic acids is 1. The molecule has 2 amide bonds. The van der Waals surface area contributed by atoms with Crippen LogP contribution in [0.15, 0.2) is 24.3 Å². The first-order chi connectivity index (χ1) is 9.18. The van der Waals surface area contributed by atoms with Gasteiger partial charge in [-0.25, -0.2) is 4.79 Å². The van der Waals surface area contributed by atoms with Crippen LogP contribution in [0.25, 0.3) is 0 Å². The van der Waals surface area contributed by atoms with Crippen LogP contribution in [0.5, 0.6) is 0 Å². The van der Waals surface area contributed by atoms with Crippen LogP contribution < -0.4 is 11.5 Å². The Balaban J connectivity index is 0.000000511. The Bertz CT molecular complexity index is 499. The summed E-state index contributed by atoms with van der Waals surface area (Å²) in [5.41, 5.74) is 10.2. The standard InChI is InChI=1S/C10H11NO3.C3H7NO2/c1-6(9(11)12)7-4-2-3-5-8(7)10(13)14;1-2(5)3(4)6/h2-6H,1H3,(H2,11,12)(H,13,14);2,5H,1H3,(H2,4,6). The molecule has 6 N–H and O–H groups in total. The molecule has 0 aliphatic heterocycles. The Morgan fingerprint density at radius 3 is 1.85 bits per heavy atom. The first-order valence-corrected chi connectivity index (χ1v) is 5.77. The topological polar surface area (TPSA) is 144 Å². The van der Waals surface area contributed by atoms with Crippen LogP contribution in [0.2, 0.25) is 0 Å². The Morgan fingerprint density at radius 1 is 1.05 bits per heavy atom. The number of primary amides is 2. The van der Waals surface area contributed by atoms with E-state index in [0.29, 0.717) is 5.56 Å². The lowest BCUT2D eigenvalue weighted by atomic mass is 9.95. The maximum absolute atomic E-state index is 10.9. The summed E-state index contributed by atoms with van der Waals surface area (Å²) in [6.07, 6.45) is -1.01. The SMILES string of the molecule is CC(C(N)=O)c1ccccc1C(=O)O.CC(O)C(N)=O. The van der Waals surface area contributed by atoms with Crippen LogP contribution in [0.3, 0.4) is 0 Å². The van der Waals surface area contributed by atoms with Gasteiger partial charge in [0.2, 0.25) is 11.8 Å². The lowest BCUT2D eigenvalue weighted by Crippen LogP contribution is -2.24. The van der Waals surface area contributed by atoms with E-state index in [0.717, 1.165) is 0 Å². The minimum Gasteiger partial charge on any atom is -0.478 e. The molecule has 0 saturated heterocycles. The van der Waals surface area contributed by atoms with E-state index in [9.17, 15) is 14.4 Å². The summed E-state index contributed by atoms with van der Waals surface area (Å²) >= 11 is 0. The van der Waals surface area contributed by atoms with Crippen molar-refractivity contribution in [3.8, 4) is 0 Å². The second-order valence-electron chi connectivity index (χ2n) is 4.09. The third-order valence-electron chi connectivity index (χ3n) is 2.50. The quantitative estimate of drug-likeness (QED) is 0.605. The highest BCUT2D eigenvalue weighted by atomic mass is 16.4. The van der Waals surface area contributed by atoms with E-state index in [1.807, 2.05) is 0 Å². The van der Waals surface area contributed by atoms with E-state index in [-0.39, 0.29) is 5.56 Å². The molecule has 1 aromatic rings. The van der Waals surface area contributed by atoms with Crippen molar-refractivity contribution in [2.24, 2.45) is 11.5 Å². The molecule has 7 nitrogen and oxygen atoms in total. The fourth-order valence-electron chi connectivity index (χ4n) is 1.22. The summed E-state index contributed by atoms with van der Waals surface area (Å²) in [6, 6.07) is 6.35. The zero-order chi connectivity index (χ0) is 15.9. The van der Waals surface area contributed by atoms with Crippen molar-refractivity contribution in [1.82, 2.24) is 0 Å². The van der Waals surface area contributed by atoms with Gasteiger partial charge in [0.15, 0.2) is 0 Å². The number of carboxylic acid groups (broad SMARTS) is 1. The van der Waals surface area contributed by atoms with Gasteiger partial charge in [0.1, 0.15) is 6.10 Å². The van der Waals surface area contributed by atoms with Gasteiger partial charge < -0.3 is 21.7 Å². The smallest absolute Gasteiger partial charge is 0.335 e. The zero-order valence-corrected chi connectivity index (χ0v) is 11.2. The number of carbonyl (C=O) groups excluding carboxylic acids is 2. The van der Waals surface area contributed by atoms with Crippen molar-refractivity contribution in [1.29, 1.82) is 0 Å².